The quantitative estimate of drug-likeness (QED) is 0.558. The summed E-state index contributed by atoms with van der Waals surface area (Å²) in [5, 5.41) is 3.54. The molecule has 98 valence electrons. The number of hydrogen-bond donors (Lipinski definition) is 1. The number of pyridine rings is 1. The largest absolute Gasteiger partial charge is 0.497 e. The number of aromatic nitrogens is 2. The predicted octanol–water partition coefficient (Wildman–Crippen LogP) is 4.19. The molecule has 2 heterocycles. The van der Waals surface area contributed by atoms with Crippen LogP contribution in [0.5, 0.6) is 5.75 Å². The number of H-pyrrole nitrogens is 1. The maximum atomic E-state index is 5.35. The molecule has 0 fully saturated rings. The molecule has 0 unspecified atom stereocenters. The van der Waals surface area contributed by atoms with E-state index in [1.54, 1.807) is 7.11 Å². The Hall–Kier alpha value is -2.55. The van der Waals surface area contributed by atoms with Crippen LogP contribution in [0.3, 0.4) is 0 Å². The molecule has 1 N–H and O–H groups in total. The van der Waals surface area contributed by atoms with Crippen molar-refractivity contribution in [3.63, 3.8) is 0 Å². The van der Waals surface area contributed by atoms with Crippen LogP contribution < -0.4 is 4.74 Å². The van der Waals surface area contributed by atoms with E-state index in [0.29, 0.717) is 0 Å². The molecule has 0 atom stereocenters. The number of nitrogens with zero attached hydrogens (tertiary/aromatic N) is 1. The number of hydrogen-bond acceptors (Lipinski definition) is 2. The van der Waals surface area contributed by atoms with Crippen molar-refractivity contribution in [2.45, 2.75) is 6.92 Å². The van der Waals surface area contributed by atoms with Crippen molar-refractivity contribution in [1.29, 1.82) is 0 Å². The van der Waals surface area contributed by atoms with Crippen LogP contribution in [0.25, 0.3) is 32.7 Å². The highest BCUT2D eigenvalue weighted by Gasteiger charge is 2.12. The van der Waals surface area contributed by atoms with Gasteiger partial charge in [-0.1, -0.05) is 6.07 Å². The lowest BCUT2D eigenvalue weighted by Gasteiger charge is -2.03. The third-order valence-electron chi connectivity index (χ3n) is 3.83. The van der Waals surface area contributed by atoms with E-state index in [9.17, 15) is 0 Å². The molecule has 3 heteroatoms. The molecule has 0 aliphatic heterocycles. The second-order valence-electron chi connectivity index (χ2n) is 5.04. The summed E-state index contributed by atoms with van der Waals surface area (Å²) in [4.78, 5) is 8.08. The lowest BCUT2D eigenvalue weighted by molar-refractivity contribution is 0.415. The van der Waals surface area contributed by atoms with E-state index in [1.165, 1.54) is 16.3 Å². The SMILES string of the molecule is COc1ccc2nc3c(C)cc4[nH]cccc4c3c2c1. The molecule has 0 aliphatic rings. The first-order chi connectivity index (χ1) is 9.78. The van der Waals surface area contributed by atoms with Gasteiger partial charge in [0.05, 0.1) is 18.1 Å². The Balaban J connectivity index is 2.30. The number of nitrogens with one attached hydrogen (secondary N) is 1. The summed E-state index contributed by atoms with van der Waals surface area (Å²) in [6, 6.07) is 12.4. The Labute approximate surface area is 116 Å². The Kier molecular flexibility index (Phi) is 2.24. The van der Waals surface area contributed by atoms with Gasteiger partial charge in [-0.25, -0.2) is 4.98 Å². The topological polar surface area (TPSA) is 37.9 Å². The summed E-state index contributed by atoms with van der Waals surface area (Å²) in [5.41, 5.74) is 4.40. The minimum atomic E-state index is 0.862. The van der Waals surface area contributed by atoms with Gasteiger partial charge in [0.25, 0.3) is 0 Å². The molecule has 0 saturated heterocycles. The number of rotatable bonds is 1. The van der Waals surface area contributed by atoms with Gasteiger partial charge in [-0.05, 0) is 42.8 Å². The molecule has 4 rings (SSSR count). The number of fused-ring (bicyclic) bond motifs is 5. The van der Waals surface area contributed by atoms with Crippen molar-refractivity contribution in [2.24, 2.45) is 0 Å². The monoisotopic (exact) mass is 262 g/mol. The molecule has 20 heavy (non-hydrogen) atoms. The third kappa shape index (κ3) is 1.43. The summed E-state index contributed by atoms with van der Waals surface area (Å²) >= 11 is 0. The standard InChI is InChI=1S/C17H14N2O/c1-10-8-15-12(4-3-7-18-15)16-13-9-11(20-2)5-6-14(13)19-17(10)16/h3-9,18H,1-2H3. The number of benzene rings is 2. The molecule has 0 radical (unpaired) electrons. The van der Waals surface area contributed by atoms with Crippen LogP contribution in [0.4, 0.5) is 0 Å². The fourth-order valence-corrected chi connectivity index (χ4v) is 2.87. The molecule has 3 nitrogen and oxygen atoms in total. The van der Waals surface area contributed by atoms with E-state index in [1.807, 2.05) is 24.4 Å². The molecule has 0 aliphatic carbocycles. The van der Waals surface area contributed by atoms with Gasteiger partial charge in [-0.2, -0.15) is 0 Å². The average Bonchev–Trinajstić information content (AvgIpc) is 2.87. The molecule has 0 bridgehead atoms. The van der Waals surface area contributed by atoms with Gasteiger partial charge in [-0.3, -0.25) is 0 Å². The molecular weight excluding hydrogens is 248 g/mol. The molecular formula is C17H14N2O. The maximum absolute atomic E-state index is 5.35. The first-order valence-electron chi connectivity index (χ1n) is 6.62. The second-order valence-corrected chi connectivity index (χ2v) is 5.04. The highest BCUT2D eigenvalue weighted by Crippen LogP contribution is 2.35. The minimum absolute atomic E-state index is 0.862. The van der Waals surface area contributed by atoms with Crippen LogP contribution in [0.15, 0.2) is 42.6 Å². The molecule has 4 aromatic rings. The van der Waals surface area contributed by atoms with Gasteiger partial charge < -0.3 is 9.72 Å². The molecule has 0 spiro atoms. The van der Waals surface area contributed by atoms with Crippen LogP contribution >= 0.6 is 0 Å². The Morgan fingerprint density at radius 1 is 1.10 bits per heavy atom. The van der Waals surface area contributed by atoms with Crippen molar-refractivity contribution in [3.8, 4) is 5.75 Å². The highest BCUT2D eigenvalue weighted by atomic mass is 16.5. The number of aromatic amines is 1. The van der Waals surface area contributed by atoms with E-state index in [0.717, 1.165) is 27.7 Å². The van der Waals surface area contributed by atoms with Crippen LogP contribution in [0.2, 0.25) is 0 Å². The summed E-state index contributed by atoms with van der Waals surface area (Å²) in [6.45, 7) is 2.10. The zero-order chi connectivity index (χ0) is 13.7. The first-order valence-corrected chi connectivity index (χ1v) is 6.62. The fourth-order valence-electron chi connectivity index (χ4n) is 2.87. The third-order valence-corrected chi connectivity index (χ3v) is 3.83. The van der Waals surface area contributed by atoms with Gasteiger partial charge >= 0.3 is 0 Å². The zero-order valence-electron chi connectivity index (χ0n) is 11.4. The summed E-state index contributed by atoms with van der Waals surface area (Å²) in [7, 11) is 1.69. The maximum Gasteiger partial charge on any atom is 0.119 e. The second kappa shape index (κ2) is 3.97. The van der Waals surface area contributed by atoms with E-state index >= 15 is 0 Å². The summed E-state index contributed by atoms with van der Waals surface area (Å²) in [6.07, 6.45) is 1.95. The van der Waals surface area contributed by atoms with Crippen molar-refractivity contribution in [2.75, 3.05) is 7.11 Å². The van der Waals surface area contributed by atoms with Crippen LogP contribution in [-0.2, 0) is 0 Å². The number of ether oxygens (including phenoxy) is 1. The summed E-state index contributed by atoms with van der Waals surface area (Å²) < 4.78 is 5.35. The molecule has 2 aromatic heterocycles. The van der Waals surface area contributed by atoms with Crippen molar-refractivity contribution < 1.29 is 4.74 Å². The highest BCUT2D eigenvalue weighted by molar-refractivity contribution is 6.20. The Morgan fingerprint density at radius 2 is 2.00 bits per heavy atom. The van der Waals surface area contributed by atoms with E-state index in [-0.39, 0.29) is 0 Å². The predicted molar refractivity (Wildman–Crippen MR) is 82.4 cm³/mol. The van der Waals surface area contributed by atoms with Gasteiger partial charge in [0.15, 0.2) is 0 Å². The lowest BCUT2D eigenvalue weighted by Crippen LogP contribution is -1.83. The Bertz CT molecular complexity index is 953. The van der Waals surface area contributed by atoms with Crippen LogP contribution in [0, 0.1) is 6.92 Å². The van der Waals surface area contributed by atoms with E-state index < -0.39 is 0 Å². The fraction of sp³-hybridized carbons (Fsp3) is 0.118. The van der Waals surface area contributed by atoms with Crippen molar-refractivity contribution in [1.82, 2.24) is 9.97 Å². The molecule has 2 aromatic carbocycles. The van der Waals surface area contributed by atoms with Gasteiger partial charge in [0, 0.05) is 27.9 Å². The average molecular weight is 262 g/mol. The van der Waals surface area contributed by atoms with Crippen molar-refractivity contribution in [3.05, 3.63) is 48.2 Å². The van der Waals surface area contributed by atoms with Crippen molar-refractivity contribution >= 4 is 32.7 Å². The smallest absolute Gasteiger partial charge is 0.119 e. The molecule has 0 amide bonds. The van der Waals surface area contributed by atoms with Crippen LogP contribution in [-0.4, -0.2) is 17.1 Å². The summed E-state index contributed by atoms with van der Waals surface area (Å²) in [5.74, 6) is 0.862. The number of aryl methyl sites for hydroxylation is 1. The van der Waals surface area contributed by atoms with E-state index in [4.69, 9.17) is 9.72 Å². The zero-order valence-corrected chi connectivity index (χ0v) is 11.4. The van der Waals surface area contributed by atoms with E-state index in [2.05, 4.69) is 30.1 Å². The molecule has 0 saturated carbocycles. The van der Waals surface area contributed by atoms with Gasteiger partial charge in [0.2, 0.25) is 0 Å². The lowest BCUT2D eigenvalue weighted by atomic mass is 10.0. The minimum Gasteiger partial charge on any atom is -0.497 e. The normalized spacial score (nSPS) is 11.5. The van der Waals surface area contributed by atoms with Gasteiger partial charge in [-0.15, -0.1) is 0 Å². The van der Waals surface area contributed by atoms with Crippen LogP contribution in [0.1, 0.15) is 5.56 Å². The Morgan fingerprint density at radius 3 is 2.85 bits per heavy atom. The first kappa shape index (κ1) is 11.3. The van der Waals surface area contributed by atoms with Gasteiger partial charge in [0.1, 0.15) is 5.75 Å². The number of methoxy groups -OCH3 is 1.